The number of rotatable bonds is 8. The first-order valence-corrected chi connectivity index (χ1v) is 10.4. The molecule has 1 fully saturated rings. The number of methoxy groups -OCH3 is 1. The average Bonchev–Trinajstić information content (AvgIpc) is 3.34. The lowest BCUT2D eigenvalue weighted by atomic mass is 10.3. The van der Waals surface area contributed by atoms with Gasteiger partial charge < -0.3 is 19.4 Å². The average molecular weight is 408 g/mol. The van der Waals surface area contributed by atoms with Gasteiger partial charge >= 0.3 is 0 Å². The van der Waals surface area contributed by atoms with Crippen LogP contribution >= 0.6 is 0 Å². The smallest absolute Gasteiger partial charge is 0.272 e. The highest BCUT2D eigenvalue weighted by Crippen LogP contribution is 2.23. The zero-order chi connectivity index (χ0) is 20.1. The minimum atomic E-state index is -3.57. The zero-order valence-corrected chi connectivity index (χ0v) is 16.7. The van der Waals surface area contributed by atoms with E-state index in [2.05, 4.69) is 10.3 Å². The van der Waals surface area contributed by atoms with Gasteiger partial charge in [0.1, 0.15) is 17.2 Å². The summed E-state index contributed by atoms with van der Waals surface area (Å²) in [7, 11) is -0.344. The molecule has 2 aromatic heterocycles. The maximum Gasteiger partial charge on any atom is 0.272 e. The molecule has 0 atom stereocenters. The number of hydrogen-bond donors (Lipinski definition) is 1. The van der Waals surface area contributed by atoms with Crippen LogP contribution in [0.25, 0.3) is 0 Å². The zero-order valence-electron chi connectivity index (χ0n) is 15.9. The Morgan fingerprint density at radius 3 is 2.64 bits per heavy atom. The number of amides is 1. The van der Waals surface area contributed by atoms with Crippen LogP contribution in [-0.4, -0.2) is 61.6 Å². The summed E-state index contributed by atoms with van der Waals surface area (Å²) in [6, 6.07) is 4.70. The predicted octanol–water partition coefficient (Wildman–Crippen LogP) is 1.48. The van der Waals surface area contributed by atoms with Crippen LogP contribution in [0.4, 0.5) is 5.69 Å². The third kappa shape index (κ3) is 4.51. The second-order valence-corrected chi connectivity index (χ2v) is 8.40. The first-order valence-electron chi connectivity index (χ1n) is 8.97. The molecule has 28 heavy (non-hydrogen) atoms. The van der Waals surface area contributed by atoms with Crippen LogP contribution in [-0.2, 0) is 21.8 Å². The molecular formula is C18H24N4O5S. The summed E-state index contributed by atoms with van der Waals surface area (Å²) < 4.78 is 38.6. The van der Waals surface area contributed by atoms with Crippen LogP contribution in [0.1, 0.15) is 23.3 Å². The monoisotopic (exact) mass is 408 g/mol. The Bertz CT molecular complexity index is 918. The van der Waals surface area contributed by atoms with Crippen LogP contribution < -0.4 is 10.1 Å². The molecule has 2 aromatic rings. The number of carbonyl (C=O) groups is 1. The Labute approximate surface area is 164 Å². The molecule has 0 spiro atoms. The molecule has 0 unspecified atom stereocenters. The Hall–Kier alpha value is -2.43. The van der Waals surface area contributed by atoms with Crippen molar-refractivity contribution in [2.24, 2.45) is 7.05 Å². The third-order valence-corrected chi connectivity index (χ3v) is 6.31. The second kappa shape index (κ2) is 8.72. The van der Waals surface area contributed by atoms with Crippen LogP contribution in [0, 0.1) is 0 Å². The minimum absolute atomic E-state index is 0.127. The Morgan fingerprint density at radius 2 is 2.00 bits per heavy atom. The molecule has 10 heteroatoms. The summed E-state index contributed by atoms with van der Waals surface area (Å²) in [5, 5.41) is 2.72. The summed E-state index contributed by atoms with van der Waals surface area (Å²) in [4.78, 5) is 16.8. The van der Waals surface area contributed by atoms with E-state index in [0.717, 1.165) is 12.8 Å². The Balaban J connectivity index is 1.68. The lowest BCUT2D eigenvalue weighted by molar-refractivity contribution is 0.101. The van der Waals surface area contributed by atoms with Gasteiger partial charge in [-0.05, 0) is 25.0 Å². The van der Waals surface area contributed by atoms with Gasteiger partial charge in [-0.2, -0.15) is 4.31 Å². The first kappa shape index (κ1) is 20.3. The van der Waals surface area contributed by atoms with Gasteiger partial charge in [0.05, 0.1) is 18.5 Å². The van der Waals surface area contributed by atoms with Crippen molar-refractivity contribution in [2.75, 3.05) is 38.7 Å². The minimum Gasteiger partial charge on any atom is -0.475 e. The van der Waals surface area contributed by atoms with Crippen LogP contribution in [0.15, 0.2) is 35.5 Å². The molecule has 0 saturated carbocycles. The summed E-state index contributed by atoms with van der Waals surface area (Å²) in [6.45, 7) is 1.87. The van der Waals surface area contributed by atoms with Crippen LogP contribution in [0.5, 0.6) is 5.88 Å². The molecule has 3 heterocycles. The molecule has 0 radical (unpaired) electrons. The Kier molecular flexibility index (Phi) is 6.32. The number of nitrogens with one attached hydrogen (secondary N) is 1. The van der Waals surface area contributed by atoms with Gasteiger partial charge in [-0.15, -0.1) is 0 Å². The highest BCUT2D eigenvalue weighted by Gasteiger charge is 2.29. The van der Waals surface area contributed by atoms with E-state index in [1.165, 1.54) is 27.3 Å². The van der Waals surface area contributed by atoms with E-state index >= 15 is 0 Å². The molecule has 1 saturated heterocycles. The lowest BCUT2D eigenvalue weighted by Gasteiger charge is -2.13. The first-order chi connectivity index (χ1) is 13.4. The molecule has 0 bridgehead atoms. The SMILES string of the molecule is COCCOc1ccc(NC(=O)c2cc(S(=O)(=O)N3CCCC3)cn2C)cn1. The Morgan fingerprint density at radius 1 is 1.25 bits per heavy atom. The van der Waals surface area contributed by atoms with Gasteiger partial charge in [-0.3, -0.25) is 4.79 Å². The molecule has 3 rings (SSSR count). The van der Waals surface area contributed by atoms with E-state index in [4.69, 9.17) is 9.47 Å². The van der Waals surface area contributed by atoms with E-state index in [1.54, 1.807) is 26.3 Å². The van der Waals surface area contributed by atoms with Gasteiger partial charge in [-0.1, -0.05) is 0 Å². The van der Waals surface area contributed by atoms with Crippen molar-refractivity contribution in [3.63, 3.8) is 0 Å². The van der Waals surface area contributed by atoms with E-state index in [-0.39, 0.29) is 10.6 Å². The van der Waals surface area contributed by atoms with Crippen molar-refractivity contribution in [2.45, 2.75) is 17.7 Å². The van der Waals surface area contributed by atoms with Gasteiger partial charge in [0.2, 0.25) is 15.9 Å². The van der Waals surface area contributed by atoms with E-state index in [0.29, 0.717) is 37.9 Å². The van der Waals surface area contributed by atoms with Crippen molar-refractivity contribution in [1.29, 1.82) is 0 Å². The van der Waals surface area contributed by atoms with Crippen molar-refractivity contribution in [1.82, 2.24) is 13.9 Å². The number of hydrogen-bond acceptors (Lipinski definition) is 6. The largest absolute Gasteiger partial charge is 0.475 e. The van der Waals surface area contributed by atoms with E-state index in [9.17, 15) is 13.2 Å². The number of nitrogens with zero attached hydrogens (tertiary/aromatic N) is 3. The predicted molar refractivity (Wildman–Crippen MR) is 103 cm³/mol. The molecular weight excluding hydrogens is 384 g/mol. The summed E-state index contributed by atoms with van der Waals surface area (Å²) in [5.74, 6) is 0.00753. The van der Waals surface area contributed by atoms with Gasteiger partial charge in [-0.25, -0.2) is 13.4 Å². The fraction of sp³-hybridized carbons (Fsp3) is 0.444. The van der Waals surface area contributed by atoms with Gasteiger partial charge in [0.15, 0.2) is 0 Å². The summed E-state index contributed by atoms with van der Waals surface area (Å²) in [6.07, 6.45) is 4.66. The standard InChI is InChI=1S/C18H24N4O5S/c1-21-13-15(28(24,25)22-7-3-4-8-22)11-16(21)18(23)20-14-5-6-17(19-12-14)27-10-9-26-2/h5-6,11-13H,3-4,7-10H2,1-2H3,(H,20,23). The van der Waals surface area contributed by atoms with Crippen LogP contribution in [0.2, 0.25) is 0 Å². The fourth-order valence-electron chi connectivity index (χ4n) is 2.94. The summed E-state index contributed by atoms with van der Waals surface area (Å²) in [5.41, 5.74) is 0.729. The maximum atomic E-state index is 12.7. The number of ether oxygens (including phenoxy) is 2. The van der Waals surface area contributed by atoms with Crippen LogP contribution in [0.3, 0.4) is 0 Å². The third-order valence-electron chi connectivity index (χ3n) is 4.45. The lowest BCUT2D eigenvalue weighted by Crippen LogP contribution is -2.27. The maximum absolute atomic E-state index is 12.7. The highest BCUT2D eigenvalue weighted by molar-refractivity contribution is 7.89. The molecule has 152 valence electrons. The quantitative estimate of drug-likeness (QED) is 0.664. The van der Waals surface area contributed by atoms with Crippen molar-refractivity contribution in [3.8, 4) is 5.88 Å². The van der Waals surface area contributed by atoms with Crippen molar-refractivity contribution >= 4 is 21.6 Å². The molecule has 0 aromatic carbocycles. The number of carbonyl (C=O) groups excluding carboxylic acids is 1. The molecule has 0 aliphatic carbocycles. The number of aromatic nitrogens is 2. The normalized spacial score (nSPS) is 14.9. The molecule has 9 nitrogen and oxygen atoms in total. The van der Waals surface area contributed by atoms with E-state index in [1.807, 2.05) is 0 Å². The molecule has 1 amide bonds. The van der Waals surface area contributed by atoms with Gasteiger partial charge in [0.25, 0.3) is 5.91 Å². The van der Waals surface area contributed by atoms with Crippen molar-refractivity contribution < 1.29 is 22.7 Å². The molecule has 1 N–H and O–H groups in total. The topological polar surface area (TPSA) is 103 Å². The number of aryl methyl sites for hydroxylation is 1. The van der Waals surface area contributed by atoms with Gasteiger partial charge in [0, 0.05) is 39.5 Å². The molecule has 1 aliphatic heterocycles. The summed E-state index contributed by atoms with van der Waals surface area (Å²) >= 11 is 0. The molecule has 1 aliphatic rings. The van der Waals surface area contributed by atoms with E-state index < -0.39 is 15.9 Å². The number of pyridine rings is 1. The second-order valence-electron chi connectivity index (χ2n) is 6.46. The highest BCUT2D eigenvalue weighted by atomic mass is 32.2. The number of sulfonamides is 1. The van der Waals surface area contributed by atoms with Crippen molar-refractivity contribution in [3.05, 3.63) is 36.3 Å². The fourth-order valence-corrected chi connectivity index (χ4v) is 4.53. The number of anilines is 1.